The smallest absolute Gasteiger partial charge is 0.264 e. The lowest BCUT2D eigenvalue weighted by atomic mass is 10.1. The van der Waals surface area contributed by atoms with Crippen LogP contribution in [0.2, 0.25) is 0 Å². The van der Waals surface area contributed by atoms with Crippen molar-refractivity contribution < 1.29 is 14.3 Å². The molecule has 3 rings (SSSR count). The Balaban J connectivity index is 1.85. The van der Waals surface area contributed by atoms with Crippen LogP contribution >= 0.6 is 11.3 Å². The van der Waals surface area contributed by atoms with Crippen molar-refractivity contribution in [2.75, 3.05) is 20.8 Å². The SMILES string of the molecule is CCN(Cc1ccc(OC)c(OC)c1)C(=O)c1sccc1-c1ccccc1. The van der Waals surface area contributed by atoms with Crippen molar-refractivity contribution in [3.63, 3.8) is 0 Å². The van der Waals surface area contributed by atoms with Gasteiger partial charge >= 0.3 is 0 Å². The number of hydrogen-bond acceptors (Lipinski definition) is 4. The van der Waals surface area contributed by atoms with Gasteiger partial charge in [-0.1, -0.05) is 36.4 Å². The Bertz CT molecular complexity index is 905. The molecule has 0 fully saturated rings. The van der Waals surface area contributed by atoms with Crippen LogP contribution in [0.15, 0.2) is 60.0 Å². The minimum absolute atomic E-state index is 0.0427. The molecule has 27 heavy (non-hydrogen) atoms. The maximum absolute atomic E-state index is 13.2. The van der Waals surface area contributed by atoms with Gasteiger partial charge in [0.15, 0.2) is 11.5 Å². The largest absolute Gasteiger partial charge is 0.493 e. The molecule has 1 aromatic heterocycles. The number of thiophene rings is 1. The summed E-state index contributed by atoms with van der Waals surface area (Å²) in [5, 5.41) is 1.97. The molecule has 0 aliphatic carbocycles. The van der Waals surface area contributed by atoms with E-state index in [1.807, 2.05) is 71.8 Å². The minimum atomic E-state index is 0.0427. The van der Waals surface area contributed by atoms with Gasteiger partial charge < -0.3 is 14.4 Å². The number of carbonyl (C=O) groups is 1. The summed E-state index contributed by atoms with van der Waals surface area (Å²) in [6.45, 7) is 3.13. The van der Waals surface area contributed by atoms with Crippen molar-refractivity contribution in [2.45, 2.75) is 13.5 Å². The Hall–Kier alpha value is -2.79. The molecule has 0 N–H and O–H groups in total. The molecule has 0 spiro atoms. The zero-order chi connectivity index (χ0) is 19.2. The molecule has 5 heteroatoms. The monoisotopic (exact) mass is 381 g/mol. The molecule has 140 valence electrons. The van der Waals surface area contributed by atoms with E-state index in [-0.39, 0.29) is 5.91 Å². The molecule has 3 aromatic rings. The van der Waals surface area contributed by atoms with E-state index in [0.29, 0.717) is 24.6 Å². The highest BCUT2D eigenvalue weighted by molar-refractivity contribution is 7.12. The predicted molar refractivity (Wildman–Crippen MR) is 110 cm³/mol. The first-order valence-electron chi connectivity index (χ1n) is 8.81. The third-order valence-corrected chi connectivity index (χ3v) is 5.34. The summed E-state index contributed by atoms with van der Waals surface area (Å²) in [6.07, 6.45) is 0. The fourth-order valence-corrected chi connectivity index (χ4v) is 3.87. The maximum Gasteiger partial charge on any atom is 0.264 e. The van der Waals surface area contributed by atoms with Crippen LogP contribution in [0.3, 0.4) is 0 Å². The molecule has 4 nitrogen and oxygen atoms in total. The molecular weight excluding hydrogens is 358 g/mol. The van der Waals surface area contributed by atoms with E-state index in [1.54, 1.807) is 14.2 Å². The standard InChI is InChI=1S/C22H23NO3S/c1-4-23(15-16-10-11-19(25-2)20(14-16)26-3)22(24)21-18(12-13-27-21)17-8-6-5-7-9-17/h5-14H,4,15H2,1-3H3. The number of ether oxygens (including phenoxy) is 2. The molecule has 0 atom stereocenters. The molecule has 0 bridgehead atoms. The van der Waals surface area contributed by atoms with E-state index in [0.717, 1.165) is 21.6 Å². The summed E-state index contributed by atoms with van der Waals surface area (Å²) < 4.78 is 10.7. The number of nitrogens with zero attached hydrogens (tertiary/aromatic N) is 1. The van der Waals surface area contributed by atoms with Crippen molar-refractivity contribution in [1.29, 1.82) is 0 Å². The first kappa shape index (κ1) is 19.0. The number of amides is 1. The van der Waals surface area contributed by atoms with Crippen LogP contribution in [0.25, 0.3) is 11.1 Å². The topological polar surface area (TPSA) is 38.8 Å². The number of carbonyl (C=O) groups excluding carboxylic acids is 1. The van der Waals surface area contributed by atoms with Crippen molar-refractivity contribution >= 4 is 17.2 Å². The van der Waals surface area contributed by atoms with Crippen LogP contribution in [-0.2, 0) is 6.54 Å². The molecule has 0 unspecified atom stereocenters. The second-order valence-electron chi connectivity index (χ2n) is 6.04. The van der Waals surface area contributed by atoms with Crippen LogP contribution in [-0.4, -0.2) is 31.6 Å². The first-order valence-corrected chi connectivity index (χ1v) is 9.69. The molecule has 0 aliphatic rings. The highest BCUT2D eigenvalue weighted by atomic mass is 32.1. The lowest BCUT2D eigenvalue weighted by molar-refractivity contribution is 0.0758. The van der Waals surface area contributed by atoms with Gasteiger partial charge in [0.05, 0.1) is 19.1 Å². The molecule has 0 saturated carbocycles. The summed E-state index contributed by atoms with van der Waals surface area (Å²) in [5.74, 6) is 1.39. The third-order valence-electron chi connectivity index (χ3n) is 4.43. The van der Waals surface area contributed by atoms with Gasteiger partial charge in [0.25, 0.3) is 5.91 Å². The summed E-state index contributed by atoms with van der Waals surface area (Å²) in [6, 6.07) is 17.8. The van der Waals surface area contributed by atoms with Gasteiger partial charge in [-0.3, -0.25) is 4.79 Å². The molecular formula is C22H23NO3S. The van der Waals surface area contributed by atoms with Crippen molar-refractivity contribution in [3.8, 4) is 22.6 Å². The minimum Gasteiger partial charge on any atom is -0.493 e. The van der Waals surface area contributed by atoms with Crippen molar-refractivity contribution in [3.05, 3.63) is 70.4 Å². The van der Waals surface area contributed by atoms with E-state index in [9.17, 15) is 4.79 Å². The normalized spacial score (nSPS) is 10.5. The Labute approximate surface area is 164 Å². The molecule has 1 amide bonds. The Morgan fingerprint density at radius 2 is 1.74 bits per heavy atom. The van der Waals surface area contributed by atoms with E-state index in [4.69, 9.17) is 9.47 Å². The van der Waals surface area contributed by atoms with Crippen LogP contribution in [0, 0.1) is 0 Å². The molecule has 1 heterocycles. The first-order chi connectivity index (χ1) is 13.2. The summed E-state index contributed by atoms with van der Waals surface area (Å²) >= 11 is 1.48. The Kier molecular flexibility index (Phi) is 6.14. The molecule has 0 radical (unpaired) electrons. The van der Waals surface area contributed by atoms with E-state index in [1.165, 1.54) is 11.3 Å². The zero-order valence-corrected chi connectivity index (χ0v) is 16.6. The van der Waals surface area contributed by atoms with Gasteiger partial charge in [0.2, 0.25) is 0 Å². The highest BCUT2D eigenvalue weighted by Crippen LogP contribution is 2.31. The molecule has 2 aromatic carbocycles. The fourth-order valence-electron chi connectivity index (χ4n) is 2.99. The summed E-state index contributed by atoms with van der Waals surface area (Å²) in [7, 11) is 3.23. The number of hydrogen-bond donors (Lipinski definition) is 0. The van der Waals surface area contributed by atoms with E-state index >= 15 is 0 Å². The molecule has 0 saturated heterocycles. The predicted octanol–water partition coefficient (Wildman–Crippen LogP) is 5.09. The average Bonchev–Trinajstić information content (AvgIpc) is 3.21. The van der Waals surface area contributed by atoms with Crippen molar-refractivity contribution in [1.82, 2.24) is 4.90 Å². The number of rotatable bonds is 7. The van der Waals surface area contributed by atoms with Crippen LogP contribution < -0.4 is 9.47 Å². The van der Waals surface area contributed by atoms with Crippen molar-refractivity contribution in [2.24, 2.45) is 0 Å². The number of methoxy groups -OCH3 is 2. The van der Waals surface area contributed by atoms with E-state index < -0.39 is 0 Å². The average molecular weight is 381 g/mol. The Morgan fingerprint density at radius 1 is 1.00 bits per heavy atom. The van der Waals surface area contributed by atoms with Gasteiger partial charge in [-0.2, -0.15) is 0 Å². The second kappa shape index (κ2) is 8.73. The van der Waals surface area contributed by atoms with E-state index in [2.05, 4.69) is 0 Å². The molecule has 0 aliphatic heterocycles. The third kappa shape index (κ3) is 4.14. The fraction of sp³-hybridized carbons (Fsp3) is 0.227. The zero-order valence-electron chi connectivity index (χ0n) is 15.8. The van der Waals surface area contributed by atoms with Crippen LogP contribution in [0.5, 0.6) is 11.5 Å². The summed E-state index contributed by atoms with van der Waals surface area (Å²) in [5.41, 5.74) is 3.04. The quantitative estimate of drug-likeness (QED) is 0.572. The Morgan fingerprint density at radius 3 is 2.41 bits per heavy atom. The van der Waals surface area contributed by atoms with Gasteiger partial charge in [-0.05, 0) is 41.6 Å². The maximum atomic E-state index is 13.2. The lowest BCUT2D eigenvalue weighted by Gasteiger charge is -2.22. The van der Waals surface area contributed by atoms with Gasteiger partial charge in [0.1, 0.15) is 0 Å². The second-order valence-corrected chi connectivity index (χ2v) is 6.95. The van der Waals surface area contributed by atoms with Gasteiger partial charge in [-0.15, -0.1) is 11.3 Å². The van der Waals surface area contributed by atoms with Crippen LogP contribution in [0.1, 0.15) is 22.2 Å². The van der Waals surface area contributed by atoms with Crippen LogP contribution in [0.4, 0.5) is 0 Å². The number of benzene rings is 2. The lowest BCUT2D eigenvalue weighted by Crippen LogP contribution is -2.30. The van der Waals surface area contributed by atoms with Gasteiger partial charge in [0, 0.05) is 18.7 Å². The highest BCUT2D eigenvalue weighted by Gasteiger charge is 2.20. The summed E-state index contributed by atoms with van der Waals surface area (Å²) in [4.78, 5) is 15.8. The van der Waals surface area contributed by atoms with Gasteiger partial charge in [-0.25, -0.2) is 0 Å².